The minimum absolute atomic E-state index is 0.0237. The highest BCUT2D eigenvalue weighted by molar-refractivity contribution is 6.29. The molecule has 0 saturated carbocycles. The Labute approximate surface area is 135 Å². The molecule has 0 fully saturated rings. The lowest BCUT2D eigenvalue weighted by Crippen LogP contribution is -2.22. The van der Waals surface area contributed by atoms with E-state index in [-0.39, 0.29) is 11.5 Å². The van der Waals surface area contributed by atoms with E-state index in [2.05, 4.69) is 6.92 Å². The Morgan fingerprint density at radius 2 is 1.91 bits per heavy atom. The van der Waals surface area contributed by atoms with Crippen LogP contribution in [0.25, 0.3) is 0 Å². The number of carbonyl (C=O) groups is 1. The van der Waals surface area contributed by atoms with E-state index in [0.717, 1.165) is 41.9 Å². The number of allylic oxidation sites excluding steroid dienone is 3. The monoisotopic (exact) mass is 320 g/mol. The van der Waals surface area contributed by atoms with Crippen molar-refractivity contribution in [2.75, 3.05) is 0 Å². The second kappa shape index (κ2) is 7.61. The van der Waals surface area contributed by atoms with Crippen LogP contribution in [0, 0.1) is 0 Å². The number of carboxylic acids is 1. The van der Waals surface area contributed by atoms with Gasteiger partial charge in [0.05, 0.1) is 11.7 Å². The van der Waals surface area contributed by atoms with Crippen LogP contribution < -0.4 is 0 Å². The zero-order valence-corrected chi connectivity index (χ0v) is 13.4. The van der Waals surface area contributed by atoms with Gasteiger partial charge in [0.2, 0.25) is 0 Å². The average Bonchev–Trinajstić information content (AvgIpc) is 2.53. The average molecular weight is 321 g/mol. The molecule has 4 heteroatoms. The fourth-order valence-electron chi connectivity index (χ4n) is 2.82. The Morgan fingerprint density at radius 3 is 2.41 bits per heavy atom. The standard InChI is InChI=1S/C18H21ClO3/c1-2-3-16(12-4-6-14(7-5-12)18(21)22)17(20)13-8-10-15(19)11-9-13/h4-8,10,16-17,20H,2-3,9,11H2,1H3,(H,21,22). The largest absolute Gasteiger partial charge is 0.478 e. The van der Waals surface area contributed by atoms with E-state index in [1.807, 2.05) is 12.2 Å². The maximum atomic E-state index is 10.9. The Morgan fingerprint density at radius 1 is 1.23 bits per heavy atom. The molecule has 0 aromatic heterocycles. The van der Waals surface area contributed by atoms with Crippen LogP contribution in [0.5, 0.6) is 0 Å². The van der Waals surface area contributed by atoms with E-state index >= 15 is 0 Å². The Bertz CT molecular complexity index is 587. The quantitative estimate of drug-likeness (QED) is 0.813. The molecular weight excluding hydrogens is 300 g/mol. The van der Waals surface area contributed by atoms with Crippen molar-refractivity contribution in [3.05, 3.63) is 58.1 Å². The van der Waals surface area contributed by atoms with Crippen LogP contribution in [0.2, 0.25) is 0 Å². The molecule has 1 aliphatic carbocycles. The number of aliphatic hydroxyl groups excluding tert-OH is 1. The molecule has 0 aliphatic heterocycles. The van der Waals surface area contributed by atoms with Crippen LogP contribution in [-0.4, -0.2) is 22.3 Å². The van der Waals surface area contributed by atoms with Crippen molar-refractivity contribution in [2.45, 2.75) is 44.6 Å². The SMILES string of the molecule is CCCC(c1ccc(C(=O)O)cc1)C(O)C1=CC=C(Cl)CC1. The molecule has 1 aromatic carbocycles. The van der Waals surface area contributed by atoms with Crippen LogP contribution >= 0.6 is 11.6 Å². The molecule has 0 saturated heterocycles. The van der Waals surface area contributed by atoms with Crippen LogP contribution in [0.4, 0.5) is 0 Å². The van der Waals surface area contributed by atoms with Gasteiger partial charge in [-0.15, -0.1) is 0 Å². The molecule has 1 aromatic rings. The van der Waals surface area contributed by atoms with E-state index in [1.54, 1.807) is 24.3 Å². The summed E-state index contributed by atoms with van der Waals surface area (Å²) in [6.45, 7) is 2.08. The van der Waals surface area contributed by atoms with Gasteiger partial charge in [-0.2, -0.15) is 0 Å². The maximum absolute atomic E-state index is 10.9. The molecule has 2 rings (SSSR count). The van der Waals surface area contributed by atoms with Crippen molar-refractivity contribution in [3.8, 4) is 0 Å². The van der Waals surface area contributed by atoms with Gasteiger partial charge in [0.1, 0.15) is 0 Å². The number of rotatable bonds is 6. The predicted octanol–water partition coefficient (Wildman–Crippen LogP) is 4.47. The van der Waals surface area contributed by atoms with Gasteiger partial charge in [-0.1, -0.05) is 43.2 Å². The Hall–Kier alpha value is -1.58. The topological polar surface area (TPSA) is 57.5 Å². The lowest BCUT2D eigenvalue weighted by Gasteiger charge is -2.26. The highest BCUT2D eigenvalue weighted by Gasteiger charge is 2.24. The summed E-state index contributed by atoms with van der Waals surface area (Å²) >= 11 is 5.97. The van der Waals surface area contributed by atoms with Gasteiger partial charge in [0, 0.05) is 11.0 Å². The van der Waals surface area contributed by atoms with Crippen LogP contribution in [-0.2, 0) is 0 Å². The maximum Gasteiger partial charge on any atom is 0.335 e. The van der Waals surface area contributed by atoms with Crippen molar-refractivity contribution in [2.24, 2.45) is 0 Å². The molecule has 2 atom stereocenters. The van der Waals surface area contributed by atoms with Crippen molar-refractivity contribution < 1.29 is 15.0 Å². The smallest absolute Gasteiger partial charge is 0.335 e. The number of hydrogen-bond acceptors (Lipinski definition) is 2. The van der Waals surface area contributed by atoms with Gasteiger partial charge in [0.15, 0.2) is 0 Å². The third-order valence-electron chi connectivity index (χ3n) is 4.08. The van der Waals surface area contributed by atoms with Gasteiger partial charge >= 0.3 is 5.97 Å². The first-order valence-electron chi connectivity index (χ1n) is 7.59. The molecular formula is C18H21ClO3. The predicted molar refractivity (Wildman–Crippen MR) is 88.3 cm³/mol. The molecule has 0 spiro atoms. The van der Waals surface area contributed by atoms with E-state index < -0.39 is 12.1 Å². The van der Waals surface area contributed by atoms with E-state index in [4.69, 9.17) is 16.7 Å². The van der Waals surface area contributed by atoms with E-state index in [9.17, 15) is 9.90 Å². The number of aromatic carboxylic acids is 1. The summed E-state index contributed by atoms with van der Waals surface area (Å²) in [5, 5.41) is 20.5. The van der Waals surface area contributed by atoms with Crippen molar-refractivity contribution in [1.29, 1.82) is 0 Å². The normalized spacial score (nSPS) is 17.4. The van der Waals surface area contributed by atoms with Crippen LogP contribution in [0.15, 0.2) is 47.0 Å². The first kappa shape index (κ1) is 16.8. The molecule has 0 radical (unpaired) electrons. The van der Waals surface area contributed by atoms with Crippen LogP contribution in [0.3, 0.4) is 0 Å². The first-order valence-corrected chi connectivity index (χ1v) is 7.97. The summed E-state index contributed by atoms with van der Waals surface area (Å²) in [7, 11) is 0. The number of carboxylic acid groups (broad SMARTS) is 1. The molecule has 3 nitrogen and oxygen atoms in total. The lowest BCUT2D eigenvalue weighted by molar-refractivity contribution is 0.0697. The molecule has 2 unspecified atom stereocenters. The molecule has 22 heavy (non-hydrogen) atoms. The highest BCUT2D eigenvalue weighted by atomic mass is 35.5. The fourth-order valence-corrected chi connectivity index (χ4v) is 2.98. The number of halogens is 1. The van der Waals surface area contributed by atoms with Crippen molar-refractivity contribution in [1.82, 2.24) is 0 Å². The number of hydrogen-bond donors (Lipinski definition) is 2. The Kier molecular flexibility index (Phi) is 5.81. The number of aliphatic hydroxyl groups is 1. The summed E-state index contributed by atoms with van der Waals surface area (Å²) in [6.07, 6.45) is 6.53. The summed E-state index contributed by atoms with van der Waals surface area (Å²) in [5.74, 6) is -0.960. The highest BCUT2D eigenvalue weighted by Crippen LogP contribution is 2.33. The second-order valence-corrected chi connectivity index (χ2v) is 6.11. The summed E-state index contributed by atoms with van der Waals surface area (Å²) in [4.78, 5) is 10.9. The third kappa shape index (κ3) is 3.99. The molecule has 0 amide bonds. The van der Waals surface area contributed by atoms with E-state index in [1.165, 1.54) is 0 Å². The molecule has 0 heterocycles. The summed E-state index contributed by atoms with van der Waals surface area (Å²) in [6, 6.07) is 6.80. The van der Waals surface area contributed by atoms with Gasteiger partial charge in [-0.25, -0.2) is 4.79 Å². The summed E-state index contributed by atoms with van der Waals surface area (Å²) in [5.41, 5.74) is 2.23. The molecule has 118 valence electrons. The van der Waals surface area contributed by atoms with Crippen molar-refractivity contribution in [3.63, 3.8) is 0 Å². The van der Waals surface area contributed by atoms with Crippen LogP contribution in [0.1, 0.15) is 54.4 Å². The first-order chi connectivity index (χ1) is 10.5. The van der Waals surface area contributed by atoms with Gasteiger partial charge < -0.3 is 10.2 Å². The minimum Gasteiger partial charge on any atom is -0.478 e. The van der Waals surface area contributed by atoms with Gasteiger partial charge in [0.25, 0.3) is 0 Å². The molecule has 0 bridgehead atoms. The fraction of sp³-hybridized carbons (Fsp3) is 0.389. The number of benzene rings is 1. The summed E-state index contributed by atoms with van der Waals surface area (Å²) < 4.78 is 0. The van der Waals surface area contributed by atoms with Gasteiger partial charge in [-0.3, -0.25) is 0 Å². The Balaban J connectivity index is 2.23. The lowest BCUT2D eigenvalue weighted by atomic mass is 9.83. The van der Waals surface area contributed by atoms with E-state index in [0.29, 0.717) is 0 Å². The van der Waals surface area contributed by atoms with Gasteiger partial charge in [-0.05, 0) is 48.6 Å². The van der Waals surface area contributed by atoms with Crippen molar-refractivity contribution >= 4 is 17.6 Å². The minimum atomic E-state index is -0.936. The zero-order chi connectivity index (χ0) is 16.1. The molecule has 2 N–H and O–H groups in total. The zero-order valence-electron chi connectivity index (χ0n) is 12.6. The molecule has 1 aliphatic rings. The third-order valence-corrected chi connectivity index (χ3v) is 4.39. The second-order valence-electron chi connectivity index (χ2n) is 5.62.